The molecule has 0 bridgehead atoms. The van der Waals surface area contributed by atoms with Gasteiger partial charge >= 0.3 is 0 Å². The van der Waals surface area contributed by atoms with Crippen LogP contribution in [0.15, 0.2) is 0 Å². The van der Waals surface area contributed by atoms with E-state index in [-0.39, 0.29) is 18.9 Å². The minimum absolute atomic E-state index is 0.236. The summed E-state index contributed by atoms with van der Waals surface area (Å²) in [6.45, 7) is 1.85. The third-order valence-corrected chi connectivity index (χ3v) is 18.9. The summed E-state index contributed by atoms with van der Waals surface area (Å²) in [7, 11) is 0. The highest BCUT2D eigenvalue weighted by Gasteiger charge is 2.53. The quantitative estimate of drug-likeness (QED) is 0.0252. The topological polar surface area (TPSA) is 307 Å². The van der Waals surface area contributed by atoms with E-state index in [0.29, 0.717) is 12.8 Å². The van der Waals surface area contributed by atoms with Gasteiger partial charge in [-0.15, -0.1) is 0 Å². The predicted molar refractivity (Wildman–Crippen MR) is 347 cm³/mol. The van der Waals surface area contributed by atoms with Crippen molar-refractivity contribution in [2.75, 3.05) is 26.4 Å². The molecule has 528 valence electrons. The summed E-state index contributed by atoms with van der Waals surface area (Å²) in [6.07, 6.45) is 30.5. The van der Waals surface area contributed by atoms with Crippen LogP contribution in [0.1, 0.15) is 309 Å². The molecule has 19 nitrogen and oxygen atoms in total. The van der Waals surface area contributed by atoms with Gasteiger partial charge in [-0.3, -0.25) is 4.79 Å². The van der Waals surface area contributed by atoms with Crippen LogP contribution in [0, 0.1) is 0 Å². The van der Waals surface area contributed by atoms with Crippen LogP contribution in [-0.4, -0.2) is 193 Å². The molecule has 1 amide bonds. The minimum Gasteiger partial charge on any atom is -0.394 e. The first kappa shape index (κ1) is 82.0. The van der Waals surface area contributed by atoms with Crippen LogP contribution in [0.3, 0.4) is 0 Å². The molecule has 17 unspecified atom stereocenters. The van der Waals surface area contributed by atoms with Crippen molar-refractivity contribution in [1.29, 1.82) is 0 Å². The molecule has 0 saturated carbocycles. The molecule has 3 saturated heterocycles. The number of nitrogens with one attached hydrogen (secondary N) is 1. The molecule has 17 atom stereocenters. The minimum atomic E-state index is -1.97. The first-order chi connectivity index (χ1) is 43.3. The summed E-state index contributed by atoms with van der Waals surface area (Å²) in [5, 5.41) is 121. The van der Waals surface area contributed by atoms with E-state index >= 15 is 0 Å². The molecule has 3 rings (SSSR count). The van der Waals surface area contributed by atoms with Crippen LogP contribution < -0.4 is 5.32 Å². The lowest BCUT2D eigenvalue weighted by molar-refractivity contribution is -0.379. The van der Waals surface area contributed by atoms with E-state index in [0.717, 1.165) is 44.9 Å². The molecule has 12 N–H and O–H groups in total. The van der Waals surface area contributed by atoms with Crippen molar-refractivity contribution in [1.82, 2.24) is 5.32 Å². The van der Waals surface area contributed by atoms with Crippen molar-refractivity contribution in [2.45, 2.75) is 413 Å². The molecule has 0 radical (unpaired) electrons. The number of rotatable bonds is 58. The van der Waals surface area contributed by atoms with E-state index in [4.69, 9.17) is 28.4 Å². The van der Waals surface area contributed by atoms with Crippen LogP contribution in [0.5, 0.6) is 0 Å². The lowest BCUT2D eigenvalue weighted by atomic mass is 9.96. The number of ether oxygens (including phenoxy) is 6. The standard InChI is InChI=1S/C70H135NO18/c1-3-5-7-9-11-13-15-17-19-21-22-23-24-25-26-27-28-29-30-31-32-33-35-37-39-41-43-45-47-54(75)53(71-58(76)48-46-44-42-40-38-36-34-20-18-16-14-12-10-8-6-4-2)52-84-68-64(82)61(79)66(56(50-73)86-68)89-70-65(83)62(80)67(57(51-74)87-70)88-69-63(81)60(78)59(77)55(49-72)85-69/h53-57,59-70,72-75,77-83H,3-52H2,1-2H3,(H,71,76). The fourth-order valence-corrected chi connectivity index (χ4v) is 13.0. The average Bonchev–Trinajstić information content (AvgIpc) is 2.42. The van der Waals surface area contributed by atoms with Crippen molar-refractivity contribution in [3.05, 3.63) is 0 Å². The molecule has 0 aromatic heterocycles. The first-order valence-corrected chi connectivity index (χ1v) is 36.8. The molecular weight excluding hydrogens is 1140 g/mol. The van der Waals surface area contributed by atoms with Gasteiger partial charge in [-0.2, -0.15) is 0 Å². The second-order valence-electron chi connectivity index (χ2n) is 26.8. The van der Waals surface area contributed by atoms with Crippen molar-refractivity contribution in [3.8, 4) is 0 Å². The van der Waals surface area contributed by atoms with Crippen molar-refractivity contribution >= 4 is 5.91 Å². The van der Waals surface area contributed by atoms with Crippen LogP contribution in [0.2, 0.25) is 0 Å². The lowest BCUT2D eigenvalue weighted by Crippen LogP contribution is -2.66. The highest BCUT2D eigenvalue weighted by Crippen LogP contribution is 2.33. The number of hydrogen-bond donors (Lipinski definition) is 12. The second-order valence-corrected chi connectivity index (χ2v) is 26.8. The summed E-state index contributed by atoms with van der Waals surface area (Å²) >= 11 is 0. The molecule has 3 aliphatic rings. The van der Waals surface area contributed by atoms with Gasteiger partial charge in [0.25, 0.3) is 0 Å². The average molecular weight is 1280 g/mol. The van der Waals surface area contributed by atoms with Gasteiger partial charge in [0.05, 0.1) is 38.6 Å². The zero-order chi connectivity index (χ0) is 64.7. The Morgan fingerprint density at radius 3 is 0.978 bits per heavy atom. The number of amides is 1. The van der Waals surface area contributed by atoms with E-state index in [1.165, 1.54) is 231 Å². The fraction of sp³-hybridized carbons (Fsp3) is 0.986. The van der Waals surface area contributed by atoms with E-state index in [1.807, 2.05) is 0 Å². The molecular formula is C70H135NO18. The van der Waals surface area contributed by atoms with Gasteiger partial charge in [-0.05, 0) is 12.8 Å². The summed E-state index contributed by atoms with van der Waals surface area (Å²) in [5.41, 5.74) is 0. The molecule has 19 heteroatoms. The smallest absolute Gasteiger partial charge is 0.220 e. The van der Waals surface area contributed by atoms with E-state index in [9.17, 15) is 61.0 Å². The monoisotopic (exact) mass is 1280 g/mol. The van der Waals surface area contributed by atoms with E-state index in [1.54, 1.807) is 0 Å². The molecule has 3 aliphatic heterocycles. The highest BCUT2D eigenvalue weighted by molar-refractivity contribution is 5.76. The molecule has 3 heterocycles. The van der Waals surface area contributed by atoms with Gasteiger partial charge in [0, 0.05) is 6.42 Å². The Morgan fingerprint density at radius 1 is 0.360 bits per heavy atom. The lowest BCUT2D eigenvalue weighted by Gasteiger charge is -2.48. The van der Waals surface area contributed by atoms with Gasteiger partial charge in [-0.1, -0.05) is 290 Å². The van der Waals surface area contributed by atoms with Gasteiger partial charge in [-0.25, -0.2) is 0 Å². The molecule has 3 fully saturated rings. The largest absolute Gasteiger partial charge is 0.394 e. The van der Waals surface area contributed by atoms with E-state index in [2.05, 4.69) is 19.2 Å². The van der Waals surface area contributed by atoms with Crippen molar-refractivity contribution < 1.29 is 89.4 Å². The summed E-state index contributed by atoms with van der Waals surface area (Å²) in [6, 6.07) is -0.882. The maximum Gasteiger partial charge on any atom is 0.220 e. The Hall–Kier alpha value is -1.21. The van der Waals surface area contributed by atoms with Crippen molar-refractivity contribution in [3.63, 3.8) is 0 Å². The van der Waals surface area contributed by atoms with Gasteiger partial charge in [0.15, 0.2) is 18.9 Å². The normalized spacial score (nSPS) is 28.1. The van der Waals surface area contributed by atoms with Gasteiger partial charge in [0.2, 0.25) is 5.91 Å². The maximum absolute atomic E-state index is 13.4. The predicted octanol–water partition coefficient (Wildman–Crippen LogP) is 10.3. The van der Waals surface area contributed by atoms with Gasteiger partial charge < -0.3 is 89.9 Å². The summed E-state index contributed by atoms with van der Waals surface area (Å²) in [5.74, 6) is -0.236. The Bertz CT molecular complexity index is 1620. The van der Waals surface area contributed by atoms with Crippen LogP contribution >= 0.6 is 0 Å². The molecule has 0 spiro atoms. The molecule has 0 aromatic rings. The number of carbonyl (C=O) groups excluding carboxylic acids is 1. The number of aliphatic hydroxyl groups is 11. The van der Waals surface area contributed by atoms with Crippen LogP contribution in [0.25, 0.3) is 0 Å². The van der Waals surface area contributed by atoms with E-state index < -0.39 is 124 Å². The summed E-state index contributed by atoms with van der Waals surface area (Å²) in [4.78, 5) is 13.4. The molecule has 0 aliphatic carbocycles. The number of hydrogen-bond acceptors (Lipinski definition) is 18. The fourth-order valence-electron chi connectivity index (χ4n) is 13.0. The SMILES string of the molecule is CCCCCCCCCCCCCCCCCCCCCCCCCCCCCCC(O)C(COC1OC(CO)C(OC2OC(CO)C(OC3OC(CO)C(O)C(O)C3O)C(O)C2O)C(O)C1O)NC(=O)CCCCCCCCCCCCCCCCCC. The highest BCUT2D eigenvalue weighted by atomic mass is 16.8. The van der Waals surface area contributed by atoms with Crippen LogP contribution in [-0.2, 0) is 33.2 Å². The third kappa shape index (κ3) is 34.9. The first-order valence-electron chi connectivity index (χ1n) is 36.8. The maximum atomic E-state index is 13.4. The Morgan fingerprint density at radius 2 is 0.640 bits per heavy atom. The van der Waals surface area contributed by atoms with Gasteiger partial charge in [0.1, 0.15) is 73.2 Å². The Kier molecular flexibility index (Phi) is 48.8. The number of aliphatic hydroxyl groups excluding tert-OH is 11. The Labute approximate surface area is 538 Å². The molecule has 0 aromatic carbocycles. The Balaban J connectivity index is 1.39. The number of unbranched alkanes of at least 4 members (excludes halogenated alkanes) is 42. The third-order valence-electron chi connectivity index (χ3n) is 18.9. The number of carbonyl (C=O) groups is 1. The zero-order valence-electron chi connectivity index (χ0n) is 55.9. The van der Waals surface area contributed by atoms with Crippen molar-refractivity contribution in [2.24, 2.45) is 0 Å². The van der Waals surface area contributed by atoms with Crippen LogP contribution in [0.4, 0.5) is 0 Å². The summed E-state index contributed by atoms with van der Waals surface area (Å²) < 4.78 is 34.5. The molecule has 89 heavy (non-hydrogen) atoms. The zero-order valence-corrected chi connectivity index (χ0v) is 55.9. The second kappa shape index (κ2) is 53.0.